The fourth-order valence-corrected chi connectivity index (χ4v) is 2.58. The Bertz CT molecular complexity index is 544. The maximum Gasteiger partial charge on any atom is 0.326 e. The van der Waals surface area contributed by atoms with Crippen LogP contribution < -0.4 is 5.73 Å². The summed E-state index contributed by atoms with van der Waals surface area (Å²) in [6, 6.07) is 8.57. The molecule has 2 amide bonds. The van der Waals surface area contributed by atoms with E-state index in [2.05, 4.69) is 0 Å². The van der Waals surface area contributed by atoms with E-state index in [0.717, 1.165) is 5.56 Å². The molecule has 6 heteroatoms. The summed E-state index contributed by atoms with van der Waals surface area (Å²) < 4.78 is 0. The lowest BCUT2D eigenvalue weighted by Crippen LogP contribution is -2.43. The molecular formula is C15H18N2O4. The number of primary amides is 1. The van der Waals surface area contributed by atoms with Crippen molar-refractivity contribution in [3.8, 4) is 0 Å². The molecule has 2 rings (SSSR count). The molecule has 1 aromatic rings. The van der Waals surface area contributed by atoms with Crippen LogP contribution in [0.5, 0.6) is 0 Å². The van der Waals surface area contributed by atoms with Crippen molar-refractivity contribution in [2.45, 2.75) is 25.3 Å². The molecular weight excluding hydrogens is 272 g/mol. The van der Waals surface area contributed by atoms with E-state index in [9.17, 15) is 19.5 Å². The van der Waals surface area contributed by atoms with Crippen molar-refractivity contribution >= 4 is 17.8 Å². The van der Waals surface area contributed by atoms with E-state index in [0.29, 0.717) is 12.8 Å². The van der Waals surface area contributed by atoms with Gasteiger partial charge < -0.3 is 15.7 Å². The van der Waals surface area contributed by atoms with E-state index in [1.807, 2.05) is 30.3 Å². The molecule has 112 valence electrons. The molecule has 0 aliphatic carbocycles. The third-order valence-electron chi connectivity index (χ3n) is 3.77. The summed E-state index contributed by atoms with van der Waals surface area (Å²) in [5.74, 6) is -2.52. The average molecular weight is 290 g/mol. The third-order valence-corrected chi connectivity index (χ3v) is 3.77. The fraction of sp³-hybridized carbons (Fsp3) is 0.400. The number of nitrogens with zero attached hydrogens (tertiary/aromatic N) is 1. The van der Waals surface area contributed by atoms with E-state index < -0.39 is 23.8 Å². The van der Waals surface area contributed by atoms with E-state index >= 15 is 0 Å². The van der Waals surface area contributed by atoms with Gasteiger partial charge in [-0.05, 0) is 18.4 Å². The molecule has 0 bridgehead atoms. The molecule has 0 spiro atoms. The van der Waals surface area contributed by atoms with Crippen LogP contribution in [0.15, 0.2) is 30.3 Å². The zero-order valence-corrected chi connectivity index (χ0v) is 11.6. The molecule has 2 atom stereocenters. The van der Waals surface area contributed by atoms with Crippen LogP contribution in [0.4, 0.5) is 0 Å². The second-order valence-electron chi connectivity index (χ2n) is 5.23. The van der Waals surface area contributed by atoms with Gasteiger partial charge in [0, 0.05) is 13.0 Å². The molecule has 0 saturated carbocycles. The van der Waals surface area contributed by atoms with Gasteiger partial charge in [-0.1, -0.05) is 30.3 Å². The first-order valence-corrected chi connectivity index (χ1v) is 6.84. The van der Waals surface area contributed by atoms with Crippen molar-refractivity contribution in [3.63, 3.8) is 0 Å². The average Bonchev–Trinajstić information content (AvgIpc) is 2.82. The Hall–Kier alpha value is -2.37. The summed E-state index contributed by atoms with van der Waals surface area (Å²) >= 11 is 0. The first-order valence-electron chi connectivity index (χ1n) is 6.84. The lowest BCUT2D eigenvalue weighted by Gasteiger charge is -2.24. The van der Waals surface area contributed by atoms with Crippen LogP contribution in [0, 0.1) is 5.92 Å². The van der Waals surface area contributed by atoms with E-state index in [1.54, 1.807) is 0 Å². The van der Waals surface area contributed by atoms with Crippen molar-refractivity contribution in [2.24, 2.45) is 11.7 Å². The van der Waals surface area contributed by atoms with Crippen LogP contribution in [-0.2, 0) is 20.8 Å². The van der Waals surface area contributed by atoms with Gasteiger partial charge in [-0.2, -0.15) is 0 Å². The van der Waals surface area contributed by atoms with Crippen molar-refractivity contribution < 1.29 is 19.5 Å². The summed E-state index contributed by atoms with van der Waals surface area (Å²) in [6.45, 7) is 0.0971. The number of hydrogen-bond donors (Lipinski definition) is 2. The minimum atomic E-state index is -1.05. The minimum absolute atomic E-state index is 0.00441. The standard InChI is InChI=1S/C15H18N2O4/c16-14(19)11-8-13(18)17(9-11)12(15(20)21)7-6-10-4-2-1-3-5-10/h1-5,11-12H,6-9H2,(H2,16,19)(H,20,21)/t11?,12-/m0/s1. The van der Waals surface area contributed by atoms with Crippen molar-refractivity contribution in [2.75, 3.05) is 6.54 Å². The van der Waals surface area contributed by atoms with Crippen LogP contribution >= 0.6 is 0 Å². The molecule has 3 N–H and O–H groups in total. The molecule has 1 heterocycles. The number of hydrogen-bond acceptors (Lipinski definition) is 3. The highest BCUT2D eigenvalue weighted by molar-refractivity contribution is 5.91. The highest BCUT2D eigenvalue weighted by Crippen LogP contribution is 2.22. The van der Waals surface area contributed by atoms with Crippen LogP contribution in [0.2, 0.25) is 0 Å². The monoisotopic (exact) mass is 290 g/mol. The van der Waals surface area contributed by atoms with Crippen LogP contribution in [0.1, 0.15) is 18.4 Å². The molecule has 21 heavy (non-hydrogen) atoms. The van der Waals surface area contributed by atoms with Crippen molar-refractivity contribution in [1.29, 1.82) is 0 Å². The topological polar surface area (TPSA) is 101 Å². The van der Waals surface area contributed by atoms with Crippen LogP contribution in [-0.4, -0.2) is 40.4 Å². The fourth-order valence-electron chi connectivity index (χ4n) is 2.58. The van der Waals surface area contributed by atoms with Gasteiger partial charge in [0.05, 0.1) is 5.92 Å². The van der Waals surface area contributed by atoms with Gasteiger partial charge in [0.1, 0.15) is 6.04 Å². The maximum atomic E-state index is 11.9. The number of nitrogens with two attached hydrogens (primary N) is 1. The summed E-state index contributed by atoms with van der Waals surface area (Å²) in [4.78, 5) is 35.7. The lowest BCUT2D eigenvalue weighted by atomic mass is 10.0. The molecule has 6 nitrogen and oxygen atoms in total. The van der Waals surface area contributed by atoms with E-state index in [1.165, 1.54) is 4.90 Å². The maximum absolute atomic E-state index is 11.9. The van der Waals surface area contributed by atoms with Gasteiger partial charge in [0.15, 0.2) is 0 Å². The smallest absolute Gasteiger partial charge is 0.326 e. The zero-order valence-electron chi connectivity index (χ0n) is 11.6. The second-order valence-corrected chi connectivity index (χ2v) is 5.23. The Kier molecular flexibility index (Phi) is 4.57. The highest BCUT2D eigenvalue weighted by atomic mass is 16.4. The summed E-state index contributed by atoms with van der Waals surface area (Å²) in [5, 5.41) is 9.34. The number of amides is 2. The molecule has 1 unspecified atom stereocenters. The van der Waals surface area contributed by atoms with Gasteiger partial charge in [-0.25, -0.2) is 4.79 Å². The van der Waals surface area contributed by atoms with Gasteiger partial charge in [-0.15, -0.1) is 0 Å². The van der Waals surface area contributed by atoms with Crippen LogP contribution in [0.3, 0.4) is 0 Å². The predicted octanol–water partition coefficient (Wildman–Crippen LogP) is 0.406. The minimum Gasteiger partial charge on any atom is -0.480 e. The van der Waals surface area contributed by atoms with E-state index in [4.69, 9.17) is 5.73 Å². The molecule has 1 aliphatic rings. The second kappa shape index (κ2) is 6.39. The van der Waals surface area contributed by atoms with Gasteiger partial charge >= 0.3 is 5.97 Å². The quantitative estimate of drug-likeness (QED) is 0.792. The number of rotatable bonds is 6. The molecule has 1 saturated heterocycles. The molecule has 1 fully saturated rings. The van der Waals surface area contributed by atoms with Crippen LogP contribution in [0.25, 0.3) is 0 Å². The largest absolute Gasteiger partial charge is 0.480 e. The Morgan fingerprint density at radius 2 is 2.00 bits per heavy atom. The van der Waals surface area contributed by atoms with Crippen molar-refractivity contribution in [3.05, 3.63) is 35.9 Å². The molecule has 0 aromatic heterocycles. The summed E-state index contributed by atoms with van der Waals surface area (Å²) in [6.07, 6.45) is 0.879. The number of aryl methyl sites for hydroxylation is 1. The Morgan fingerprint density at radius 3 is 2.52 bits per heavy atom. The first-order chi connectivity index (χ1) is 9.99. The number of carbonyl (C=O) groups excluding carboxylic acids is 2. The highest BCUT2D eigenvalue weighted by Gasteiger charge is 2.39. The Labute approximate surface area is 122 Å². The van der Waals surface area contributed by atoms with E-state index in [-0.39, 0.29) is 18.9 Å². The SMILES string of the molecule is NC(=O)C1CC(=O)N([C@@H](CCc2ccccc2)C(=O)O)C1. The number of likely N-dealkylation sites (tertiary alicyclic amines) is 1. The van der Waals surface area contributed by atoms with Gasteiger partial charge in [-0.3, -0.25) is 9.59 Å². The third kappa shape index (κ3) is 3.59. The molecule has 0 radical (unpaired) electrons. The van der Waals surface area contributed by atoms with Gasteiger partial charge in [0.25, 0.3) is 0 Å². The Balaban J connectivity index is 2.04. The number of carboxylic acid groups (broad SMARTS) is 1. The zero-order chi connectivity index (χ0) is 15.4. The number of benzene rings is 1. The summed E-state index contributed by atoms with van der Waals surface area (Å²) in [7, 11) is 0. The number of carboxylic acids is 1. The van der Waals surface area contributed by atoms with Gasteiger partial charge in [0.2, 0.25) is 11.8 Å². The lowest BCUT2D eigenvalue weighted by molar-refractivity contribution is -0.148. The number of aliphatic carboxylic acids is 1. The summed E-state index contributed by atoms with van der Waals surface area (Å²) in [5.41, 5.74) is 6.21. The van der Waals surface area contributed by atoms with Crippen molar-refractivity contribution in [1.82, 2.24) is 4.90 Å². The Morgan fingerprint density at radius 1 is 1.33 bits per heavy atom. The first kappa shape index (κ1) is 15.0. The normalized spacial score (nSPS) is 19.5. The number of carbonyl (C=O) groups is 3. The molecule has 1 aromatic carbocycles. The molecule has 1 aliphatic heterocycles. The predicted molar refractivity (Wildman–Crippen MR) is 75.2 cm³/mol.